The van der Waals surface area contributed by atoms with Gasteiger partial charge in [0.15, 0.2) is 0 Å². The number of aromatic nitrogens is 2. The van der Waals surface area contributed by atoms with Crippen LogP contribution >= 0.6 is 0 Å². The highest BCUT2D eigenvalue weighted by atomic mass is 16.5. The lowest BCUT2D eigenvalue weighted by molar-refractivity contribution is 0.0796. The molecule has 4 rings (SSSR count). The van der Waals surface area contributed by atoms with Crippen LogP contribution in [0, 0.1) is 13.8 Å². The molecule has 0 aliphatic carbocycles. The highest BCUT2D eigenvalue weighted by Crippen LogP contribution is 2.27. The molecule has 0 radical (unpaired) electrons. The second-order valence-electron chi connectivity index (χ2n) is 7.59. The summed E-state index contributed by atoms with van der Waals surface area (Å²) in [6.45, 7) is 5.58. The highest BCUT2D eigenvalue weighted by Gasteiger charge is 2.23. The summed E-state index contributed by atoms with van der Waals surface area (Å²) >= 11 is 0. The molecule has 1 fully saturated rings. The number of nitrogens with zero attached hydrogens (tertiary/aromatic N) is 2. The first kappa shape index (κ1) is 20.1. The minimum absolute atomic E-state index is 0.0411. The fraction of sp³-hybridized carbons (Fsp3) is 0.348. The molecule has 1 aromatic carbocycles. The van der Waals surface area contributed by atoms with Crippen LogP contribution in [0.1, 0.15) is 51.8 Å². The molecule has 3 aromatic rings. The smallest absolute Gasteiger partial charge is 0.349 e. The first-order valence-corrected chi connectivity index (χ1v) is 10.1. The Labute approximate surface area is 174 Å². The van der Waals surface area contributed by atoms with Crippen molar-refractivity contribution in [3.05, 3.63) is 81.4 Å². The van der Waals surface area contributed by atoms with Crippen molar-refractivity contribution in [2.24, 2.45) is 0 Å². The molecular weight excluding hydrogens is 382 g/mol. The Morgan fingerprint density at radius 1 is 1.23 bits per heavy atom. The quantitative estimate of drug-likeness (QED) is 0.698. The van der Waals surface area contributed by atoms with Crippen molar-refractivity contribution in [3.8, 4) is 0 Å². The van der Waals surface area contributed by atoms with Crippen LogP contribution in [-0.2, 0) is 11.3 Å². The molecular formula is C23H25N3O4. The van der Waals surface area contributed by atoms with Crippen LogP contribution in [0.5, 0.6) is 0 Å². The fourth-order valence-electron chi connectivity index (χ4n) is 3.81. The van der Waals surface area contributed by atoms with Gasteiger partial charge in [0.05, 0.1) is 6.54 Å². The number of carbonyl (C=O) groups is 1. The third kappa shape index (κ3) is 4.21. The number of hydrogen-bond donors (Lipinski definition) is 1. The summed E-state index contributed by atoms with van der Waals surface area (Å²) < 4.78 is 12.9. The van der Waals surface area contributed by atoms with Gasteiger partial charge in [-0.25, -0.2) is 9.78 Å². The maximum Gasteiger partial charge on any atom is 0.349 e. The van der Waals surface area contributed by atoms with Crippen molar-refractivity contribution >= 4 is 11.6 Å². The summed E-state index contributed by atoms with van der Waals surface area (Å²) in [6.07, 6.45) is 5.26. The van der Waals surface area contributed by atoms with Gasteiger partial charge >= 0.3 is 5.63 Å². The molecule has 7 nitrogen and oxygen atoms in total. The third-order valence-electron chi connectivity index (χ3n) is 5.55. The SMILES string of the molecule is Cc1cc(C2CCOCC2)oc(=O)c1C(=O)Nc1ccccc1Cn1ccnc1C. The van der Waals surface area contributed by atoms with Crippen LogP contribution in [0.2, 0.25) is 0 Å². The zero-order chi connectivity index (χ0) is 21.1. The van der Waals surface area contributed by atoms with Crippen molar-refractivity contribution in [2.75, 3.05) is 18.5 Å². The van der Waals surface area contributed by atoms with Crippen molar-refractivity contribution in [2.45, 2.75) is 39.2 Å². The van der Waals surface area contributed by atoms with Crippen LogP contribution in [0.15, 0.2) is 51.9 Å². The first-order valence-electron chi connectivity index (χ1n) is 10.1. The van der Waals surface area contributed by atoms with Crippen molar-refractivity contribution < 1.29 is 13.9 Å². The van der Waals surface area contributed by atoms with E-state index in [0.29, 0.717) is 36.8 Å². The van der Waals surface area contributed by atoms with E-state index in [-0.39, 0.29) is 11.5 Å². The molecule has 0 atom stereocenters. The molecule has 0 unspecified atom stereocenters. The topological polar surface area (TPSA) is 86.4 Å². The molecule has 1 aliphatic rings. The molecule has 2 aromatic heterocycles. The van der Waals surface area contributed by atoms with E-state index >= 15 is 0 Å². The molecule has 3 heterocycles. The largest absolute Gasteiger partial charge is 0.427 e. The predicted molar refractivity (Wildman–Crippen MR) is 113 cm³/mol. The Bertz CT molecular complexity index is 1110. The number of ether oxygens (including phenoxy) is 1. The van der Waals surface area contributed by atoms with E-state index in [2.05, 4.69) is 10.3 Å². The summed E-state index contributed by atoms with van der Waals surface area (Å²) in [5.74, 6) is 1.21. The molecule has 0 spiro atoms. The van der Waals surface area contributed by atoms with E-state index in [1.807, 2.05) is 48.0 Å². The maximum atomic E-state index is 13.0. The number of nitrogens with one attached hydrogen (secondary N) is 1. The molecule has 156 valence electrons. The first-order chi connectivity index (χ1) is 14.5. The number of benzene rings is 1. The summed E-state index contributed by atoms with van der Waals surface area (Å²) in [5, 5.41) is 2.89. The lowest BCUT2D eigenvalue weighted by Crippen LogP contribution is -2.25. The van der Waals surface area contributed by atoms with Gasteiger partial charge in [-0.05, 0) is 49.9 Å². The average Bonchev–Trinajstić information content (AvgIpc) is 3.14. The van der Waals surface area contributed by atoms with Crippen LogP contribution in [0.25, 0.3) is 0 Å². The Kier molecular flexibility index (Phi) is 5.81. The van der Waals surface area contributed by atoms with Crippen molar-refractivity contribution in [3.63, 3.8) is 0 Å². The van der Waals surface area contributed by atoms with E-state index in [9.17, 15) is 9.59 Å². The van der Waals surface area contributed by atoms with Gasteiger partial charge in [-0.2, -0.15) is 0 Å². The Morgan fingerprint density at radius 2 is 2.00 bits per heavy atom. The van der Waals surface area contributed by atoms with E-state index in [1.54, 1.807) is 13.1 Å². The Morgan fingerprint density at radius 3 is 2.70 bits per heavy atom. The fourth-order valence-corrected chi connectivity index (χ4v) is 3.81. The molecule has 1 saturated heterocycles. The number of para-hydroxylation sites is 1. The Balaban J connectivity index is 1.57. The van der Waals surface area contributed by atoms with Crippen LogP contribution in [-0.4, -0.2) is 28.7 Å². The van der Waals surface area contributed by atoms with Crippen LogP contribution in [0.4, 0.5) is 5.69 Å². The summed E-state index contributed by atoms with van der Waals surface area (Å²) in [4.78, 5) is 29.8. The zero-order valence-electron chi connectivity index (χ0n) is 17.2. The van der Waals surface area contributed by atoms with Gasteiger partial charge in [-0.15, -0.1) is 0 Å². The standard InChI is InChI=1S/C23H25N3O4/c1-15-13-20(17-7-11-29-12-8-17)30-23(28)21(15)22(27)25-19-6-4-3-5-18(19)14-26-10-9-24-16(26)2/h3-6,9-10,13,17H,7-8,11-12,14H2,1-2H3,(H,25,27). The molecule has 0 bridgehead atoms. The molecule has 1 amide bonds. The van der Waals surface area contributed by atoms with Gasteiger partial charge in [-0.1, -0.05) is 18.2 Å². The lowest BCUT2D eigenvalue weighted by Gasteiger charge is -2.21. The van der Waals surface area contributed by atoms with Crippen molar-refractivity contribution in [1.29, 1.82) is 0 Å². The molecule has 7 heteroatoms. The number of anilines is 1. The van der Waals surface area contributed by atoms with Gasteiger partial charge < -0.3 is 19.0 Å². The van der Waals surface area contributed by atoms with E-state index in [4.69, 9.17) is 9.15 Å². The number of amides is 1. The van der Waals surface area contributed by atoms with Gasteiger partial charge in [0.25, 0.3) is 5.91 Å². The number of rotatable bonds is 5. The minimum atomic E-state index is -0.600. The lowest BCUT2D eigenvalue weighted by atomic mass is 9.95. The van der Waals surface area contributed by atoms with Gasteiger partial charge in [-0.3, -0.25) is 4.79 Å². The van der Waals surface area contributed by atoms with Crippen LogP contribution < -0.4 is 10.9 Å². The van der Waals surface area contributed by atoms with Gasteiger partial charge in [0.1, 0.15) is 17.1 Å². The predicted octanol–water partition coefficient (Wildman–Crippen LogP) is 3.65. The minimum Gasteiger partial charge on any atom is -0.427 e. The number of imidazole rings is 1. The molecule has 1 N–H and O–H groups in total. The van der Waals surface area contributed by atoms with E-state index < -0.39 is 11.5 Å². The maximum absolute atomic E-state index is 13.0. The van der Waals surface area contributed by atoms with Crippen molar-refractivity contribution in [1.82, 2.24) is 9.55 Å². The van der Waals surface area contributed by atoms with E-state index in [0.717, 1.165) is 24.2 Å². The second kappa shape index (κ2) is 8.67. The Hall–Kier alpha value is -3.19. The molecule has 30 heavy (non-hydrogen) atoms. The van der Waals surface area contributed by atoms with Crippen LogP contribution in [0.3, 0.4) is 0 Å². The monoisotopic (exact) mass is 407 g/mol. The van der Waals surface area contributed by atoms with Gasteiger partial charge in [0, 0.05) is 37.2 Å². The molecule has 1 aliphatic heterocycles. The number of aryl methyl sites for hydroxylation is 2. The number of carbonyl (C=O) groups excluding carboxylic acids is 1. The summed E-state index contributed by atoms with van der Waals surface area (Å²) in [7, 11) is 0. The summed E-state index contributed by atoms with van der Waals surface area (Å²) in [5.41, 5.74) is 1.64. The second-order valence-corrected chi connectivity index (χ2v) is 7.59. The average molecular weight is 407 g/mol. The normalized spacial score (nSPS) is 14.6. The highest BCUT2D eigenvalue weighted by molar-refractivity contribution is 6.05. The zero-order valence-corrected chi connectivity index (χ0v) is 17.2. The third-order valence-corrected chi connectivity index (χ3v) is 5.55. The van der Waals surface area contributed by atoms with E-state index in [1.165, 1.54) is 0 Å². The molecule has 0 saturated carbocycles. The number of hydrogen-bond acceptors (Lipinski definition) is 5. The van der Waals surface area contributed by atoms with Gasteiger partial charge in [0.2, 0.25) is 0 Å². The summed E-state index contributed by atoms with van der Waals surface area (Å²) in [6, 6.07) is 9.35.